The van der Waals surface area contributed by atoms with Gasteiger partial charge >= 0.3 is 0 Å². The average Bonchev–Trinajstić information content (AvgIpc) is 2.43. The molecule has 2 N–H and O–H groups in total. The first-order valence-electron chi connectivity index (χ1n) is 6.38. The van der Waals surface area contributed by atoms with Crippen LogP contribution in [0.4, 0.5) is 0 Å². The lowest BCUT2D eigenvalue weighted by Crippen LogP contribution is -2.44. The third-order valence-corrected chi connectivity index (χ3v) is 3.09. The van der Waals surface area contributed by atoms with Crippen LogP contribution in [0.5, 0.6) is 0 Å². The van der Waals surface area contributed by atoms with Crippen molar-refractivity contribution >= 4 is 6.08 Å². The maximum absolute atomic E-state index is 9.22. The van der Waals surface area contributed by atoms with Gasteiger partial charge in [-0.05, 0) is 19.4 Å². The molecule has 1 aromatic carbocycles. The van der Waals surface area contributed by atoms with E-state index in [0.29, 0.717) is 0 Å². The topological polar surface area (TPSA) is 43.7 Å². The van der Waals surface area contributed by atoms with E-state index in [1.807, 2.05) is 44.2 Å². The Bertz CT molecular complexity index is 341. The van der Waals surface area contributed by atoms with Crippen LogP contribution in [0.2, 0.25) is 0 Å². The molecule has 1 rings (SSSR count). The fourth-order valence-electron chi connectivity index (χ4n) is 1.88. The maximum Gasteiger partial charge on any atom is 0.0584 e. The Hall–Kier alpha value is -1.16. The highest BCUT2D eigenvalue weighted by molar-refractivity contribution is 5.48. The second kappa shape index (κ2) is 8.03. The Balaban J connectivity index is 2.59. The molecule has 18 heavy (non-hydrogen) atoms. The Kier molecular flexibility index (Phi) is 6.65. The quantitative estimate of drug-likeness (QED) is 0.774. The summed E-state index contributed by atoms with van der Waals surface area (Å²) in [6.07, 6.45) is 4.12. The first-order chi connectivity index (χ1) is 8.69. The molecule has 0 amide bonds. The minimum Gasteiger partial charge on any atom is -0.395 e. The van der Waals surface area contributed by atoms with Gasteiger partial charge in [0, 0.05) is 18.6 Å². The largest absolute Gasteiger partial charge is 0.395 e. The van der Waals surface area contributed by atoms with Gasteiger partial charge in [-0.2, -0.15) is 0 Å². The van der Waals surface area contributed by atoms with Crippen LogP contribution in [-0.2, 0) is 0 Å². The molecule has 0 radical (unpaired) electrons. The predicted molar refractivity (Wildman–Crippen MR) is 75.3 cm³/mol. The molecule has 0 aliphatic heterocycles. The van der Waals surface area contributed by atoms with Crippen molar-refractivity contribution in [3.63, 3.8) is 0 Å². The van der Waals surface area contributed by atoms with Gasteiger partial charge in [-0.3, -0.25) is 4.90 Å². The molecule has 0 aliphatic carbocycles. The van der Waals surface area contributed by atoms with E-state index in [2.05, 4.69) is 17.1 Å². The van der Waals surface area contributed by atoms with Gasteiger partial charge in [0.1, 0.15) is 0 Å². The molecule has 3 nitrogen and oxygen atoms in total. The monoisotopic (exact) mass is 249 g/mol. The number of benzene rings is 1. The van der Waals surface area contributed by atoms with Crippen molar-refractivity contribution in [3.8, 4) is 0 Å². The summed E-state index contributed by atoms with van der Waals surface area (Å²) in [7, 11) is 0. The first kappa shape index (κ1) is 14.9. The van der Waals surface area contributed by atoms with Gasteiger partial charge in [-0.15, -0.1) is 0 Å². The molecule has 0 fully saturated rings. The summed E-state index contributed by atoms with van der Waals surface area (Å²) in [6, 6.07) is 10.2. The van der Waals surface area contributed by atoms with Gasteiger partial charge in [0.2, 0.25) is 0 Å². The van der Waals surface area contributed by atoms with Crippen LogP contribution >= 0.6 is 0 Å². The van der Waals surface area contributed by atoms with Crippen LogP contribution in [0.3, 0.4) is 0 Å². The van der Waals surface area contributed by atoms with Crippen molar-refractivity contribution in [3.05, 3.63) is 42.0 Å². The number of nitrogens with zero attached hydrogens (tertiary/aromatic N) is 1. The summed E-state index contributed by atoms with van der Waals surface area (Å²) < 4.78 is 0. The molecule has 0 aromatic heterocycles. The van der Waals surface area contributed by atoms with E-state index in [4.69, 9.17) is 0 Å². The molecule has 0 spiro atoms. The number of aliphatic hydroxyl groups excluding tert-OH is 2. The van der Waals surface area contributed by atoms with Gasteiger partial charge in [-0.25, -0.2) is 0 Å². The second-order valence-corrected chi connectivity index (χ2v) is 4.57. The van der Waals surface area contributed by atoms with Crippen molar-refractivity contribution in [1.29, 1.82) is 0 Å². The predicted octanol–water partition coefficient (Wildman–Crippen LogP) is 1.76. The SMILES string of the molecule is CC(CO)N(C/C=C/c1ccccc1)C(C)CO. The normalized spacial score (nSPS) is 15.2. The zero-order chi connectivity index (χ0) is 13.4. The fraction of sp³-hybridized carbons (Fsp3) is 0.467. The molecule has 0 saturated carbocycles. The van der Waals surface area contributed by atoms with E-state index in [-0.39, 0.29) is 25.3 Å². The van der Waals surface area contributed by atoms with E-state index in [1.54, 1.807) is 0 Å². The molecule has 0 saturated heterocycles. The first-order valence-corrected chi connectivity index (χ1v) is 6.38. The lowest BCUT2D eigenvalue weighted by molar-refractivity contribution is 0.0785. The Labute approximate surface area is 109 Å². The van der Waals surface area contributed by atoms with E-state index in [9.17, 15) is 10.2 Å². The summed E-state index contributed by atoms with van der Waals surface area (Å²) in [5.41, 5.74) is 1.16. The number of hydrogen-bond acceptors (Lipinski definition) is 3. The Morgan fingerprint density at radius 2 is 1.61 bits per heavy atom. The van der Waals surface area contributed by atoms with Crippen LogP contribution in [0.15, 0.2) is 36.4 Å². The zero-order valence-corrected chi connectivity index (χ0v) is 11.2. The average molecular weight is 249 g/mol. The summed E-state index contributed by atoms with van der Waals surface area (Å²) in [6.45, 7) is 4.84. The van der Waals surface area contributed by atoms with Gasteiger partial charge in [0.25, 0.3) is 0 Å². The minimum absolute atomic E-state index is 0.0487. The molecule has 100 valence electrons. The molecule has 0 bridgehead atoms. The van der Waals surface area contributed by atoms with Gasteiger partial charge in [-0.1, -0.05) is 42.5 Å². The molecule has 3 heteroatoms. The van der Waals surface area contributed by atoms with Gasteiger partial charge in [0.15, 0.2) is 0 Å². The fourth-order valence-corrected chi connectivity index (χ4v) is 1.88. The third kappa shape index (κ3) is 4.61. The summed E-state index contributed by atoms with van der Waals surface area (Å²) in [5, 5.41) is 18.4. The highest BCUT2D eigenvalue weighted by atomic mass is 16.3. The van der Waals surface area contributed by atoms with Gasteiger partial charge in [0.05, 0.1) is 13.2 Å². The molecular formula is C15H23NO2. The Morgan fingerprint density at radius 3 is 2.11 bits per heavy atom. The van der Waals surface area contributed by atoms with Gasteiger partial charge < -0.3 is 10.2 Å². The summed E-state index contributed by atoms with van der Waals surface area (Å²) in [5.74, 6) is 0. The second-order valence-electron chi connectivity index (χ2n) is 4.57. The summed E-state index contributed by atoms with van der Waals surface area (Å²) >= 11 is 0. The van der Waals surface area contributed by atoms with Crippen LogP contribution < -0.4 is 0 Å². The molecule has 0 aliphatic rings. The lowest BCUT2D eigenvalue weighted by atomic mass is 10.2. The van der Waals surface area contributed by atoms with E-state index < -0.39 is 0 Å². The van der Waals surface area contributed by atoms with Crippen molar-refractivity contribution < 1.29 is 10.2 Å². The Morgan fingerprint density at radius 1 is 1.06 bits per heavy atom. The molecule has 2 unspecified atom stereocenters. The van der Waals surface area contributed by atoms with E-state index in [0.717, 1.165) is 12.1 Å². The zero-order valence-electron chi connectivity index (χ0n) is 11.2. The molecule has 1 aromatic rings. The molecule has 2 atom stereocenters. The molecule has 0 heterocycles. The van der Waals surface area contributed by atoms with Crippen molar-refractivity contribution in [2.75, 3.05) is 19.8 Å². The van der Waals surface area contributed by atoms with Crippen molar-refractivity contribution in [1.82, 2.24) is 4.90 Å². The van der Waals surface area contributed by atoms with Crippen LogP contribution in [0.25, 0.3) is 6.08 Å². The number of hydrogen-bond donors (Lipinski definition) is 2. The number of aliphatic hydroxyl groups is 2. The lowest BCUT2D eigenvalue weighted by Gasteiger charge is -2.31. The molecular weight excluding hydrogens is 226 g/mol. The maximum atomic E-state index is 9.22. The highest BCUT2D eigenvalue weighted by Crippen LogP contribution is 2.07. The third-order valence-electron chi connectivity index (χ3n) is 3.09. The number of rotatable bonds is 7. The van der Waals surface area contributed by atoms with Crippen LogP contribution in [0.1, 0.15) is 19.4 Å². The minimum atomic E-state index is 0.0487. The van der Waals surface area contributed by atoms with Crippen LogP contribution in [0, 0.1) is 0 Å². The standard InChI is InChI=1S/C15H23NO2/c1-13(11-17)16(14(2)12-18)10-6-9-15-7-4-3-5-8-15/h3-9,13-14,17-18H,10-12H2,1-2H3/b9-6+. The van der Waals surface area contributed by atoms with E-state index in [1.165, 1.54) is 0 Å². The smallest absolute Gasteiger partial charge is 0.0584 e. The van der Waals surface area contributed by atoms with E-state index >= 15 is 0 Å². The van der Waals surface area contributed by atoms with Crippen LogP contribution in [-0.4, -0.2) is 47.0 Å². The van der Waals surface area contributed by atoms with Crippen molar-refractivity contribution in [2.45, 2.75) is 25.9 Å². The highest BCUT2D eigenvalue weighted by Gasteiger charge is 2.17. The van der Waals surface area contributed by atoms with Crippen molar-refractivity contribution in [2.24, 2.45) is 0 Å². The summed E-state index contributed by atoms with van der Waals surface area (Å²) in [4.78, 5) is 2.08.